The van der Waals surface area contributed by atoms with Crippen LogP contribution in [-0.4, -0.2) is 5.78 Å². The molecule has 3 heteroatoms. The molecule has 0 aliphatic carbocycles. The highest BCUT2D eigenvalue weighted by Gasteiger charge is 2.22. The van der Waals surface area contributed by atoms with Crippen LogP contribution in [0.1, 0.15) is 38.2 Å². The molecule has 2 rings (SSSR count). The number of carbonyl (C=O) groups is 1. The van der Waals surface area contributed by atoms with Gasteiger partial charge in [0.2, 0.25) is 0 Å². The number of aryl methyl sites for hydroxylation is 4. The second-order valence-corrected chi connectivity index (χ2v) is 5.13. The molecule has 0 heterocycles. The fourth-order valence-corrected chi connectivity index (χ4v) is 2.20. The molecule has 0 bridgehead atoms. The number of hydrogen-bond acceptors (Lipinski definition) is 1. The van der Waals surface area contributed by atoms with Crippen molar-refractivity contribution in [3.8, 4) is 0 Å². The van der Waals surface area contributed by atoms with Crippen molar-refractivity contribution in [1.29, 1.82) is 0 Å². The Morgan fingerprint density at radius 1 is 0.850 bits per heavy atom. The summed E-state index contributed by atoms with van der Waals surface area (Å²) in [4.78, 5) is 12.4. The summed E-state index contributed by atoms with van der Waals surface area (Å²) in [5.41, 5.74) is 2.82. The monoisotopic (exact) mass is 274 g/mol. The topological polar surface area (TPSA) is 17.1 Å². The Kier molecular flexibility index (Phi) is 3.71. The molecule has 0 spiro atoms. The number of rotatable bonds is 2. The zero-order valence-corrected chi connectivity index (χ0v) is 12.0. The lowest BCUT2D eigenvalue weighted by Gasteiger charge is -2.11. The van der Waals surface area contributed by atoms with Crippen LogP contribution in [0.3, 0.4) is 0 Å². The molecule has 20 heavy (non-hydrogen) atoms. The van der Waals surface area contributed by atoms with Gasteiger partial charge in [0.05, 0.1) is 5.56 Å². The molecule has 0 aliphatic rings. The lowest BCUT2D eigenvalue weighted by atomic mass is 9.93. The van der Waals surface area contributed by atoms with E-state index in [0.29, 0.717) is 5.56 Å². The molecule has 2 aromatic rings. The van der Waals surface area contributed by atoms with Gasteiger partial charge >= 0.3 is 0 Å². The van der Waals surface area contributed by atoms with Gasteiger partial charge in [-0.2, -0.15) is 0 Å². The third-order valence-electron chi connectivity index (χ3n) is 3.60. The minimum Gasteiger partial charge on any atom is -0.288 e. The summed E-state index contributed by atoms with van der Waals surface area (Å²) in [6.45, 7) is 7.09. The largest absolute Gasteiger partial charge is 0.288 e. The Morgan fingerprint density at radius 2 is 1.45 bits per heavy atom. The minimum atomic E-state index is -0.823. The van der Waals surface area contributed by atoms with Gasteiger partial charge in [0.25, 0.3) is 0 Å². The maximum absolute atomic E-state index is 14.0. The van der Waals surface area contributed by atoms with Crippen molar-refractivity contribution in [3.63, 3.8) is 0 Å². The fraction of sp³-hybridized carbons (Fsp3) is 0.235. The van der Waals surface area contributed by atoms with E-state index in [0.717, 1.165) is 22.8 Å². The summed E-state index contributed by atoms with van der Waals surface area (Å²) in [6.07, 6.45) is 0. The van der Waals surface area contributed by atoms with Crippen molar-refractivity contribution in [3.05, 3.63) is 69.3 Å². The van der Waals surface area contributed by atoms with Crippen molar-refractivity contribution in [1.82, 2.24) is 0 Å². The molecule has 0 atom stereocenters. The molecule has 0 radical (unpaired) electrons. The van der Waals surface area contributed by atoms with Gasteiger partial charge in [-0.15, -0.1) is 0 Å². The molecule has 0 fully saturated rings. The van der Waals surface area contributed by atoms with Gasteiger partial charge in [0.15, 0.2) is 5.78 Å². The second-order valence-electron chi connectivity index (χ2n) is 5.13. The normalized spacial score (nSPS) is 10.7. The summed E-state index contributed by atoms with van der Waals surface area (Å²) in [6, 6.07) is 6.00. The maximum Gasteiger partial charge on any atom is 0.199 e. The second kappa shape index (κ2) is 5.16. The predicted molar refractivity (Wildman–Crippen MR) is 75.2 cm³/mol. The van der Waals surface area contributed by atoms with Crippen LogP contribution in [0.25, 0.3) is 0 Å². The zero-order valence-electron chi connectivity index (χ0n) is 12.0. The average Bonchev–Trinajstić information content (AvgIpc) is 2.38. The highest BCUT2D eigenvalue weighted by molar-refractivity contribution is 6.10. The Morgan fingerprint density at radius 3 is 2.10 bits per heavy atom. The minimum absolute atomic E-state index is 0.260. The molecular weight excluding hydrogens is 258 g/mol. The van der Waals surface area contributed by atoms with E-state index >= 15 is 0 Å². The van der Waals surface area contributed by atoms with Crippen LogP contribution in [0.15, 0.2) is 24.3 Å². The number of benzene rings is 2. The van der Waals surface area contributed by atoms with E-state index in [1.165, 1.54) is 13.0 Å². The van der Waals surface area contributed by atoms with Gasteiger partial charge in [-0.3, -0.25) is 4.79 Å². The summed E-state index contributed by atoms with van der Waals surface area (Å²) in [7, 11) is 0. The molecule has 0 unspecified atom stereocenters. The van der Waals surface area contributed by atoms with Gasteiger partial charge in [-0.25, -0.2) is 8.78 Å². The van der Waals surface area contributed by atoms with Crippen LogP contribution in [0, 0.1) is 39.3 Å². The van der Waals surface area contributed by atoms with Gasteiger partial charge in [-0.05, 0) is 62.1 Å². The van der Waals surface area contributed by atoms with Crippen molar-refractivity contribution in [2.45, 2.75) is 27.7 Å². The van der Waals surface area contributed by atoms with E-state index < -0.39 is 23.0 Å². The van der Waals surface area contributed by atoms with Gasteiger partial charge in [-0.1, -0.05) is 12.1 Å². The van der Waals surface area contributed by atoms with Crippen LogP contribution in [0.2, 0.25) is 0 Å². The number of halogens is 2. The highest BCUT2D eigenvalue weighted by Crippen LogP contribution is 2.23. The lowest BCUT2D eigenvalue weighted by Crippen LogP contribution is -2.11. The maximum atomic E-state index is 14.0. The van der Waals surface area contributed by atoms with Crippen LogP contribution in [-0.2, 0) is 0 Å². The molecule has 0 saturated heterocycles. The van der Waals surface area contributed by atoms with E-state index in [1.54, 1.807) is 13.0 Å². The number of carbonyl (C=O) groups excluding carboxylic acids is 1. The summed E-state index contributed by atoms with van der Waals surface area (Å²) in [5.74, 6) is -2.22. The van der Waals surface area contributed by atoms with Gasteiger partial charge < -0.3 is 0 Å². The van der Waals surface area contributed by atoms with Crippen LogP contribution < -0.4 is 0 Å². The molecule has 0 N–H and O–H groups in total. The Bertz CT molecular complexity index is 703. The predicted octanol–water partition coefficient (Wildman–Crippen LogP) is 4.43. The third kappa shape index (κ3) is 2.36. The summed E-state index contributed by atoms with van der Waals surface area (Å²) >= 11 is 0. The smallest absolute Gasteiger partial charge is 0.199 e. The summed E-state index contributed by atoms with van der Waals surface area (Å²) in [5, 5.41) is 0. The average molecular weight is 274 g/mol. The lowest BCUT2D eigenvalue weighted by molar-refractivity contribution is 0.103. The molecule has 2 aromatic carbocycles. The van der Waals surface area contributed by atoms with E-state index in [-0.39, 0.29) is 5.56 Å². The third-order valence-corrected chi connectivity index (χ3v) is 3.60. The number of hydrogen-bond donors (Lipinski definition) is 0. The van der Waals surface area contributed by atoms with Gasteiger partial charge in [0.1, 0.15) is 11.6 Å². The molecule has 104 valence electrons. The quantitative estimate of drug-likeness (QED) is 0.740. The molecular formula is C17H16F2O. The first-order valence-electron chi connectivity index (χ1n) is 6.40. The molecule has 0 amide bonds. The van der Waals surface area contributed by atoms with E-state index in [2.05, 4.69) is 0 Å². The van der Waals surface area contributed by atoms with Crippen molar-refractivity contribution >= 4 is 5.78 Å². The fourth-order valence-electron chi connectivity index (χ4n) is 2.20. The van der Waals surface area contributed by atoms with Crippen LogP contribution in [0.5, 0.6) is 0 Å². The Balaban J connectivity index is 2.64. The highest BCUT2D eigenvalue weighted by atomic mass is 19.1. The molecule has 0 saturated carbocycles. The zero-order chi connectivity index (χ0) is 15.0. The molecule has 0 aliphatic heterocycles. The number of ketones is 1. The first-order valence-corrected chi connectivity index (χ1v) is 6.40. The van der Waals surface area contributed by atoms with Crippen molar-refractivity contribution in [2.75, 3.05) is 0 Å². The van der Waals surface area contributed by atoms with E-state index in [4.69, 9.17) is 0 Å². The van der Waals surface area contributed by atoms with Crippen LogP contribution in [0.4, 0.5) is 8.78 Å². The molecule has 0 aromatic heterocycles. The van der Waals surface area contributed by atoms with E-state index in [9.17, 15) is 13.6 Å². The van der Waals surface area contributed by atoms with Crippen molar-refractivity contribution < 1.29 is 13.6 Å². The van der Waals surface area contributed by atoms with E-state index in [1.807, 2.05) is 19.9 Å². The molecule has 1 nitrogen and oxygen atoms in total. The van der Waals surface area contributed by atoms with Crippen LogP contribution >= 0.6 is 0 Å². The first-order chi connectivity index (χ1) is 9.32. The standard InChI is InChI=1S/C17H16F2O/c1-9-5-6-14(18)15(16(9)19)17(20)13-8-11(3)10(2)7-12(13)4/h5-8H,1-4H3. The Labute approximate surface area is 117 Å². The Hall–Kier alpha value is -2.03. The summed E-state index contributed by atoms with van der Waals surface area (Å²) < 4.78 is 27.9. The first kappa shape index (κ1) is 14.4. The van der Waals surface area contributed by atoms with Crippen molar-refractivity contribution in [2.24, 2.45) is 0 Å². The SMILES string of the molecule is Cc1cc(C)c(C(=O)c2c(F)ccc(C)c2F)cc1C. The van der Waals surface area contributed by atoms with Gasteiger partial charge in [0, 0.05) is 5.56 Å².